The highest BCUT2D eigenvalue weighted by molar-refractivity contribution is 6.37. The van der Waals surface area contributed by atoms with Gasteiger partial charge in [-0.25, -0.2) is 0 Å². The van der Waals surface area contributed by atoms with Gasteiger partial charge in [0, 0.05) is 31.9 Å². The fourth-order valence-electron chi connectivity index (χ4n) is 2.87. The van der Waals surface area contributed by atoms with Crippen LogP contribution >= 0.6 is 34.8 Å². The summed E-state index contributed by atoms with van der Waals surface area (Å²) in [7, 11) is 1.55. The van der Waals surface area contributed by atoms with Gasteiger partial charge in [-0.3, -0.25) is 4.79 Å². The van der Waals surface area contributed by atoms with Crippen molar-refractivity contribution in [3.8, 4) is 5.75 Å². The topological polar surface area (TPSA) is 38.3 Å². The minimum Gasteiger partial charge on any atom is -0.496 e. The molecule has 0 spiro atoms. The SMILES string of the molecule is COc1ccc(Cl)cc1C1(C)C(=O)Nc2cc(Cl)cc(Cl)c21. The second-order valence-corrected chi connectivity index (χ2v) is 6.51. The lowest BCUT2D eigenvalue weighted by molar-refractivity contribution is -0.119. The van der Waals surface area contributed by atoms with E-state index in [0.717, 1.165) is 0 Å². The Kier molecular flexibility index (Phi) is 3.76. The standard InChI is InChI=1S/C16H12Cl3NO2/c1-16(10-5-8(17)3-4-13(10)22-2)14-11(19)6-9(18)7-12(14)20-15(16)21/h3-7H,1-2H3,(H,20,21). The monoisotopic (exact) mass is 355 g/mol. The van der Waals surface area contributed by atoms with Crippen molar-refractivity contribution in [3.05, 3.63) is 56.5 Å². The average molecular weight is 357 g/mol. The molecule has 0 aliphatic carbocycles. The van der Waals surface area contributed by atoms with E-state index in [1.54, 1.807) is 44.4 Å². The van der Waals surface area contributed by atoms with Gasteiger partial charge >= 0.3 is 0 Å². The first-order chi connectivity index (χ1) is 10.4. The van der Waals surface area contributed by atoms with E-state index >= 15 is 0 Å². The first-order valence-electron chi connectivity index (χ1n) is 6.53. The molecule has 0 bridgehead atoms. The summed E-state index contributed by atoms with van der Waals surface area (Å²) in [6.45, 7) is 1.79. The molecule has 1 aliphatic heterocycles. The summed E-state index contributed by atoms with van der Waals surface area (Å²) in [5, 5.41) is 4.24. The van der Waals surface area contributed by atoms with Crippen LogP contribution < -0.4 is 10.1 Å². The molecule has 1 amide bonds. The number of benzene rings is 2. The van der Waals surface area contributed by atoms with E-state index in [1.165, 1.54) is 0 Å². The summed E-state index contributed by atoms with van der Waals surface area (Å²) < 4.78 is 5.40. The van der Waals surface area contributed by atoms with Gasteiger partial charge in [0.05, 0.1) is 7.11 Å². The maximum absolute atomic E-state index is 12.7. The molecule has 1 N–H and O–H groups in total. The summed E-state index contributed by atoms with van der Waals surface area (Å²) in [4.78, 5) is 12.7. The van der Waals surface area contributed by atoms with Crippen molar-refractivity contribution in [2.45, 2.75) is 12.3 Å². The smallest absolute Gasteiger partial charge is 0.239 e. The van der Waals surface area contributed by atoms with Crippen LogP contribution in [0.3, 0.4) is 0 Å². The molecule has 2 aromatic rings. The molecule has 3 rings (SSSR count). The molecule has 22 heavy (non-hydrogen) atoms. The zero-order valence-corrected chi connectivity index (χ0v) is 14.1. The van der Waals surface area contributed by atoms with Crippen molar-refractivity contribution in [2.75, 3.05) is 12.4 Å². The number of amides is 1. The van der Waals surface area contributed by atoms with Gasteiger partial charge in [0.2, 0.25) is 5.91 Å². The normalized spacial score (nSPS) is 19.8. The maximum Gasteiger partial charge on any atom is 0.239 e. The average Bonchev–Trinajstić information content (AvgIpc) is 2.71. The van der Waals surface area contributed by atoms with Gasteiger partial charge in [-0.2, -0.15) is 0 Å². The molecule has 1 heterocycles. The molecule has 3 nitrogen and oxygen atoms in total. The Balaban J connectivity index is 2.32. The number of carbonyl (C=O) groups excluding carboxylic acids is 1. The van der Waals surface area contributed by atoms with Crippen LogP contribution in [0.15, 0.2) is 30.3 Å². The van der Waals surface area contributed by atoms with Gasteiger partial charge in [-0.15, -0.1) is 0 Å². The highest BCUT2D eigenvalue weighted by Gasteiger charge is 2.47. The summed E-state index contributed by atoms with van der Waals surface area (Å²) in [5.41, 5.74) is 0.923. The highest BCUT2D eigenvalue weighted by atomic mass is 35.5. The lowest BCUT2D eigenvalue weighted by atomic mass is 9.76. The van der Waals surface area contributed by atoms with Crippen LogP contribution in [-0.4, -0.2) is 13.0 Å². The molecular weight excluding hydrogens is 345 g/mol. The van der Waals surface area contributed by atoms with Gasteiger partial charge < -0.3 is 10.1 Å². The minimum absolute atomic E-state index is 0.202. The second-order valence-electron chi connectivity index (χ2n) is 5.23. The zero-order valence-electron chi connectivity index (χ0n) is 11.8. The van der Waals surface area contributed by atoms with Crippen molar-refractivity contribution in [1.82, 2.24) is 0 Å². The third-order valence-electron chi connectivity index (χ3n) is 3.96. The van der Waals surface area contributed by atoms with Crippen molar-refractivity contribution in [3.63, 3.8) is 0 Å². The molecule has 0 saturated heterocycles. The minimum atomic E-state index is -1.01. The van der Waals surface area contributed by atoms with Crippen LogP contribution in [-0.2, 0) is 10.2 Å². The van der Waals surface area contributed by atoms with Gasteiger partial charge in [-0.1, -0.05) is 34.8 Å². The van der Waals surface area contributed by atoms with Crippen molar-refractivity contribution in [2.24, 2.45) is 0 Å². The Morgan fingerprint density at radius 1 is 1.09 bits per heavy atom. The van der Waals surface area contributed by atoms with Crippen LogP contribution in [0.4, 0.5) is 5.69 Å². The number of anilines is 1. The second kappa shape index (κ2) is 5.34. The number of hydrogen-bond donors (Lipinski definition) is 1. The Hall–Kier alpha value is -1.42. The molecule has 2 aromatic carbocycles. The Morgan fingerprint density at radius 2 is 1.82 bits per heavy atom. The van der Waals surface area contributed by atoms with E-state index in [-0.39, 0.29) is 5.91 Å². The molecule has 1 atom stereocenters. The Bertz CT molecular complexity index is 791. The summed E-state index contributed by atoms with van der Waals surface area (Å²) in [5.74, 6) is 0.369. The number of methoxy groups -OCH3 is 1. The van der Waals surface area contributed by atoms with E-state index < -0.39 is 5.41 Å². The van der Waals surface area contributed by atoms with Gasteiger partial charge in [0.15, 0.2) is 0 Å². The van der Waals surface area contributed by atoms with Gasteiger partial charge in [0.25, 0.3) is 0 Å². The Morgan fingerprint density at radius 3 is 2.50 bits per heavy atom. The fraction of sp³-hybridized carbons (Fsp3) is 0.188. The number of rotatable bonds is 2. The predicted octanol–water partition coefficient (Wildman–Crippen LogP) is 4.91. The van der Waals surface area contributed by atoms with Crippen molar-refractivity contribution < 1.29 is 9.53 Å². The first kappa shape index (κ1) is 15.5. The molecular formula is C16H12Cl3NO2. The van der Waals surface area contributed by atoms with Gasteiger partial charge in [0.1, 0.15) is 11.2 Å². The quantitative estimate of drug-likeness (QED) is 0.830. The number of carbonyl (C=O) groups is 1. The fourth-order valence-corrected chi connectivity index (χ4v) is 3.72. The third kappa shape index (κ3) is 2.16. The third-order valence-corrected chi connectivity index (χ3v) is 4.71. The molecule has 0 saturated carbocycles. The van der Waals surface area contributed by atoms with Crippen LogP contribution in [0.5, 0.6) is 5.75 Å². The summed E-state index contributed by atoms with van der Waals surface area (Å²) >= 11 is 18.5. The largest absolute Gasteiger partial charge is 0.496 e. The molecule has 6 heteroatoms. The number of nitrogens with one attached hydrogen (secondary N) is 1. The molecule has 0 fully saturated rings. The highest BCUT2D eigenvalue weighted by Crippen LogP contribution is 2.50. The van der Waals surface area contributed by atoms with Crippen molar-refractivity contribution >= 4 is 46.4 Å². The number of hydrogen-bond acceptors (Lipinski definition) is 2. The first-order valence-corrected chi connectivity index (χ1v) is 7.66. The van der Waals surface area contributed by atoms with E-state index in [2.05, 4.69) is 5.32 Å². The van der Waals surface area contributed by atoms with Crippen LogP contribution in [0, 0.1) is 0 Å². The van der Waals surface area contributed by atoms with E-state index in [9.17, 15) is 4.79 Å². The Labute approximate surface area is 143 Å². The van der Waals surface area contributed by atoms with Gasteiger partial charge in [-0.05, 0) is 37.3 Å². The number of fused-ring (bicyclic) bond motifs is 1. The van der Waals surface area contributed by atoms with E-state index in [4.69, 9.17) is 39.5 Å². The van der Waals surface area contributed by atoms with E-state index in [0.29, 0.717) is 37.6 Å². The number of halogens is 3. The summed E-state index contributed by atoms with van der Waals surface area (Å²) in [6, 6.07) is 8.48. The summed E-state index contributed by atoms with van der Waals surface area (Å²) in [6.07, 6.45) is 0. The molecule has 114 valence electrons. The van der Waals surface area contributed by atoms with Crippen LogP contribution in [0.2, 0.25) is 15.1 Å². The molecule has 0 radical (unpaired) electrons. The zero-order chi connectivity index (χ0) is 16.1. The molecule has 0 aromatic heterocycles. The lowest BCUT2D eigenvalue weighted by Crippen LogP contribution is -2.33. The van der Waals surface area contributed by atoms with E-state index in [1.807, 2.05) is 0 Å². The van der Waals surface area contributed by atoms with Crippen LogP contribution in [0.25, 0.3) is 0 Å². The molecule has 1 aliphatic rings. The van der Waals surface area contributed by atoms with Crippen molar-refractivity contribution in [1.29, 1.82) is 0 Å². The number of ether oxygens (including phenoxy) is 1. The maximum atomic E-state index is 12.7. The molecule has 1 unspecified atom stereocenters. The van der Waals surface area contributed by atoms with Crippen LogP contribution in [0.1, 0.15) is 18.1 Å². The lowest BCUT2D eigenvalue weighted by Gasteiger charge is -2.26. The predicted molar refractivity (Wildman–Crippen MR) is 89.5 cm³/mol.